The molecule has 2 aromatic rings. The molecule has 128 valence electrons. The van der Waals surface area contributed by atoms with E-state index in [1.165, 1.54) is 30.6 Å². The van der Waals surface area contributed by atoms with Crippen molar-refractivity contribution < 1.29 is 4.74 Å². The number of hydrogen-bond donors (Lipinski definition) is 1. The summed E-state index contributed by atoms with van der Waals surface area (Å²) in [5.41, 5.74) is 3.49. The van der Waals surface area contributed by atoms with Gasteiger partial charge < -0.3 is 15.0 Å². The Morgan fingerprint density at radius 3 is 3.04 bits per heavy atom. The van der Waals surface area contributed by atoms with E-state index in [4.69, 9.17) is 21.4 Å². The minimum absolute atomic E-state index is 0.504. The lowest BCUT2D eigenvalue weighted by molar-refractivity contribution is 0.247. The van der Waals surface area contributed by atoms with Gasteiger partial charge in [-0.3, -0.25) is 0 Å². The summed E-state index contributed by atoms with van der Waals surface area (Å²) in [5, 5.41) is 9.18. The van der Waals surface area contributed by atoms with E-state index in [0.29, 0.717) is 10.9 Å². The van der Waals surface area contributed by atoms with Crippen LogP contribution in [0.4, 0.5) is 5.82 Å². The van der Waals surface area contributed by atoms with Crippen LogP contribution in [0.25, 0.3) is 5.69 Å². The van der Waals surface area contributed by atoms with Crippen LogP contribution < -0.4 is 10.1 Å². The zero-order valence-electron chi connectivity index (χ0n) is 14.2. The Labute approximate surface area is 147 Å². The first-order chi connectivity index (χ1) is 11.7. The lowest BCUT2D eigenvalue weighted by atomic mass is 9.92. The average Bonchev–Trinajstić information content (AvgIpc) is 3.17. The molecular weight excluding hydrogens is 324 g/mol. The standard InChI is InChI=1S/C18H23ClN4O/c1-22-9-3-4-12(11-22)17-14-7-8-20-18(14)23(21-17)15-10-13(19)5-6-16(15)24-2/h5-6,10,12,20H,3-4,7-9,11H2,1-2H3. The van der Waals surface area contributed by atoms with Crippen LogP contribution in [0, 0.1) is 0 Å². The number of halogens is 1. The van der Waals surface area contributed by atoms with Crippen LogP contribution in [0.2, 0.25) is 5.02 Å². The molecule has 0 saturated carbocycles. The highest BCUT2D eigenvalue weighted by Crippen LogP contribution is 2.38. The Morgan fingerprint density at radius 2 is 2.25 bits per heavy atom. The highest BCUT2D eigenvalue weighted by Gasteiger charge is 2.30. The lowest BCUT2D eigenvalue weighted by Gasteiger charge is -2.29. The fraction of sp³-hybridized carbons (Fsp3) is 0.500. The summed E-state index contributed by atoms with van der Waals surface area (Å²) >= 11 is 6.23. The molecule has 2 aliphatic rings. The number of aromatic nitrogens is 2. The number of nitrogens with one attached hydrogen (secondary N) is 1. The molecule has 1 unspecified atom stereocenters. The number of piperidine rings is 1. The molecule has 0 aliphatic carbocycles. The Hall–Kier alpha value is -1.72. The largest absolute Gasteiger partial charge is 0.494 e. The minimum atomic E-state index is 0.504. The highest BCUT2D eigenvalue weighted by atomic mass is 35.5. The summed E-state index contributed by atoms with van der Waals surface area (Å²) in [6.07, 6.45) is 3.48. The third-order valence-electron chi connectivity index (χ3n) is 5.06. The third kappa shape index (κ3) is 2.66. The molecule has 0 bridgehead atoms. The topological polar surface area (TPSA) is 42.3 Å². The molecule has 0 radical (unpaired) electrons. The maximum atomic E-state index is 6.23. The lowest BCUT2D eigenvalue weighted by Crippen LogP contribution is -2.31. The number of methoxy groups -OCH3 is 1. The van der Waals surface area contributed by atoms with Crippen LogP contribution in [-0.2, 0) is 6.42 Å². The number of likely N-dealkylation sites (N-methyl/N-ethyl adjacent to an activating group) is 1. The number of ether oxygens (including phenoxy) is 1. The van der Waals surface area contributed by atoms with Crippen molar-refractivity contribution in [2.75, 3.05) is 39.1 Å². The molecule has 1 aromatic carbocycles. The van der Waals surface area contributed by atoms with Gasteiger partial charge in [-0.05, 0) is 51.1 Å². The van der Waals surface area contributed by atoms with Crippen LogP contribution in [-0.4, -0.2) is 48.5 Å². The molecule has 1 atom stereocenters. The van der Waals surface area contributed by atoms with Gasteiger partial charge in [0.1, 0.15) is 17.3 Å². The van der Waals surface area contributed by atoms with Crippen LogP contribution in [0.3, 0.4) is 0 Å². The third-order valence-corrected chi connectivity index (χ3v) is 5.30. The summed E-state index contributed by atoms with van der Waals surface area (Å²) < 4.78 is 7.51. The first-order valence-corrected chi connectivity index (χ1v) is 8.93. The second-order valence-electron chi connectivity index (χ2n) is 6.72. The number of hydrogen-bond acceptors (Lipinski definition) is 4. The molecule has 0 amide bonds. The van der Waals surface area contributed by atoms with Crippen LogP contribution >= 0.6 is 11.6 Å². The van der Waals surface area contributed by atoms with Gasteiger partial charge in [-0.25, -0.2) is 4.68 Å². The molecule has 1 N–H and O–H groups in total. The van der Waals surface area contributed by atoms with Crippen molar-refractivity contribution in [1.29, 1.82) is 0 Å². The van der Waals surface area contributed by atoms with Gasteiger partial charge in [0, 0.05) is 29.6 Å². The first kappa shape index (κ1) is 15.8. The van der Waals surface area contributed by atoms with Gasteiger partial charge in [0.25, 0.3) is 0 Å². The van der Waals surface area contributed by atoms with Crippen molar-refractivity contribution in [3.8, 4) is 11.4 Å². The van der Waals surface area contributed by atoms with E-state index < -0.39 is 0 Å². The molecule has 6 heteroatoms. The number of likely N-dealkylation sites (tertiary alicyclic amines) is 1. The van der Waals surface area contributed by atoms with Gasteiger partial charge in [-0.2, -0.15) is 5.10 Å². The second kappa shape index (κ2) is 6.30. The fourth-order valence-corrected chi connectivity index (χ4v) is 4.09. The Balaban J connectivity index is 1.81. The van der Waals surface area contributed by atoms with Crippen molar-refractivity contribution in [1.82, 2.24) is 14.7 Å². The van der Waals surface area contributed by atoms with E-state index in [1.54, 1.807) is 7.11 Å². The monoisotopic (exact) mass is 346 g/mol. The van der Waals surface area contributed by atoms with Crippen molar-refractivity contribution >= 4 is 17.4 Å². The van der Waals surface area contributed by atoms with Gasteiger partial charge in [-0.15, -0.1) is 0 Å². The number of nitrogens with zero attached hydrogens (tertiary/aromatic N) is 3. The van der Waals surface area contributed by atoms with Gasteiger partial charge in [0.05, 0.1) is 12.8 Å². The van der Waals surface area contributed by atoms with Crippen LogP contribution in [0.15, 0.2) is 18.2 Å². The van der Waals surface area contributed by atoms with E-state index in [9.17, 15) is 0 Å². The molecule has 3 heterocycles. The number of benzene rings is 1. The van der Waals surface area contributed by atoms with Gasteiger partial charge in [-0.1, -0.05) is 11.6 Å². The smallest absolute Gasteiger partial charge is 0.144 e. The molecule has 5 nitrogen and oxygen atoms in total. The fourth-order valence-electron chi connectivity index (χ4n) is 3.92. The summed E-state index contributed by atoms with van der Waals surface area (Å²) in [6.45, 7) is 3.22. The molecule has 2 aliphatic heterocycles. The number of anilines is 1. The summed E-state index contributed by atoms with van der Waals surface area (Å²) in [7, 11) is 3.88. The predicted molar refractivity (Wildman–Crippen MR) is 96.8 cm³/mol. The maximum Gasteiger partial charge on any atom is 0.144 e. The summed E-state index contributed by atoms with van der Waals surface area (Å²) in [5.74, 6) is 2.38. The predicted octanol–water partition coefficient (Wildman–Crippen LogP) is 3.31. The number of rotatable bonds is 3. The minimum Gasteiger partial charge on any atom is -0.494 e. The maximum absolute atomic E-state index is 6.23. The van der Waals surface area contributed by atoms with Crippen molar-refractivity contribution in [2.45, 2.75) is 25.2 Å². The molecule has 24 heavy (non-hydrogen) atoms. The Morgan fingerprint density at radius 1 is 1.38 bits per heavy atom. The van der Waals surface area contributed by atoms with E-state index >= 15 is 0 Å². The van der Waals surface area contributed by atoms with Gasteiger partial charge >= 0.3 is 0 Å². The molecule has 4 rings (SSSR count). The molecule has 0 spiro atoms. The Bertz CT molecular complexity index is 758. The summed E-state index contributed by atoms with van der Waals surface area (Å²) in [4.78, 5) is 2.40. The van der Waals surface area contributed by atoms with Crippen molar-refractivity contribution in [2.24, 2.45) is 0 Å². The molecular formula is C18H23ClN4O. The normalized spacial score (nSPS) is 20.7. The molecule has 1 fully saturated rings. The zero-order valence-corrected chi connectivity index (χ0v) is 14.9. The van der Waals surface area contributed by atoms with E-state index in [2.05, 4.69) is 17.3 Å². The quantitative estimate of drug-likeness (QED) is 0.925. The van der Waals surface area contributed by atoms with Gasteiger partial charge in [0.15, 0.2) is 0 Å². The van der Waals surface area contributed by atoms with E-state index in [0.717, 1.165) is 36.8 Å². The molecule has 1 saturated heterocycles. The SMILES string of the molecule is COc1ccc(Cl)cc1-n1nc(C2CCCN(C)C2)c2c1NCC2. The zero-order chi connectivity index (χ0) is 16.7. The van der Waals surface area contributed by atoms with Gasteiger partial charge in [0.2, 0.25) is 0 Å². The van der Waals surface area contributed by atoms with Crippen LogP contribution in [0.1, 0.15) is 30.0 Å². The Kier molecular flexibility index (Phi) is 4.14. The van der Waals surface area contributed by atoms with Crippen molar-refractivity contribution in [3.63, 3.8) is 0 Å². The highest BCUT2D eigenvalue weighted by molar-refractivity contribution is 6.30. The summed E-state index contributed by atoms with van der Waals surface area (Å²) in [6, 6.07) is 5.66. The van der Waals surface area contributed by atoms with Crippen LogP contribution in [0.5, 0.6) is 5.75 Å². The molecule has 1 aromatic heterocycles. The second-order valence-corrected chi connectivity index (χ2v) is 7.15. The number of fused-ring (bicyclic) bond motifs is 1. The van der Waals surface area contributed by atoms with Crippen molar-refractivity contribution in [3.05, 3.63) is 34.5 Å². The van der Waals surface area contributed by atoms with E-state index in [-0.39, 0.29) is 0 Å². The first-order valence-electron chi connectivity index (χ1n) is 8.55. The van der Waals surface area contributed by atoms with E-state index in [1.807, 2.05) is 22.9 Å². The average molecular weight is 347 g/mol.